The molecule has 2 N–H and O–H groups in total. The Hall–Kier alpha value is -1.79. The van der Waals surface area contributed by atoms with Crippen molar-refractivity contribution in [3.05, 3.63) is 23.8 Å². The molecule has 1 saturated carbocycles. The van der Waals surface area contributed by atoms with Crippen LogP contribution in [0.1, 0.15) is 31.7 Å². The maximum Gasteiger partial charge on any atom is 0.223 e. The average molecular weight is 337 g/mol. The van der Waals surface area contributed by atoms with E-state index < -0.39 is 6.10 Å². The number of carbonyl (C=O) groups is 1. The lowest BCUT2D eigenvalue weighted by molar-refractivity contribution is -0.130. The van der Waals surface area contributed by atoms with E-state index in [0.717, 1.165) is 5.56 Å². The van der Waals surface area contributed by atoms with Gasteiger partial charge in [0.2, 0.25) is 5.91 Å². The van der Waals surface area contributed by atoms with Crippen LogP contribution in [0, 0.1) is 5.92 Å². The van der Waals surface area contributed by atoms with Crippen molar-refractivity contribution >= 4 is 5.91 Å². The lowest BCUT2D eigenvalue weighted by Crippen LogP contribution is -2.41. The van der Waals surface area contributed by atoms with E-state index in [1.807, 2.05) is 25.1 Å². The van der Waals surface area contributed by atoms with Crippen LogP contribution >= 0.6 is 0 Å². The molecule has 6 heteroatoms. The first-order valence-electron chi connectivity index (χ1n) is 8.37. The molecule has 1 aromatic carbocycles. The van der Waals surface area contributed by atoms with Crippen molar-refractivity contribution in [1.82, 2.24) is 5.32 Å². The summed E-state index contributed by atoms with van der Waals surface area (Å²) in [5.74, 6) is 1.23. The minimum Gasteiger partial charge on any atom is -0.493 e. The Morgan fingerprint density at radius 1 is 1.29 bits per heavy atom. The van der Waals surface area contributed by atoms with E-state index in [0.29, 0.717) is 43.9 Å². The maximum absolute atomic E-state index is 12.4. The zero-order valence-corrected chi connectivity index (χ0v) is 14.6. The second kappa shape index (κ2) is 8.89. The second-order valence-electron chi connectivity index (χ2n) is 5.99. The van der Waals surface area contributed by atoms with Crippen LogP contribution in [0.4, 0.5) is 0 Å². The predicted octanol–water partition coefficient (Wildman–Crippen LogP) is 1.89. The Morgan fingerprint density at radius 3 is 2.75 bits per heavy atom. The van der Waals surface area contributed by atoms with Gasteiger partial charge in [0.05, 0.1) is 25.9 Å². The molecule has 6 nitrogen and oxygen atoms in total. The number of aliphatic hydroxyl groups is 1. The van der Waals surface area contributed by atoms with Gasteiger partial charge in [-0.3, -0.25) is 4.79 Å². The van der Waals surface area contributed by atoms with E-state index in [9.17, 15) is 9.90 Å². The molecule has 1 aliphatic rings. The molecule has 1 amide bonds. The van der Waals surface area contributed by atoms with Gasteiger partial charge < -0.3 is 24.6 Å². The summed E-state index contributed by atoms with van der Waals surface area (Å²) >= 11 is 0. The Labute approximate surface area is 143 Å². The third-order valence-electron chi connectivity index (χ3n) is 4.43. The van der Waals surface area contributed by atoms with Gasteiger partial charge >= 0.3 is 0 Å². The molecule has 1 aromatic rings. The molecule has 2 rings (SSSR count). The number of rotatable bonds is 7. The van der Waals surface area contributed by atoms with Crippen LogP contribution in [0.2, 0.25) is 0 Å². The topological polar surface area (TPSA) is 77.0 Å². The molecule has 0 aromatic heterocycles. The molecule has 1 aliphatic carbocycles. The minimum atomic E-state index is -0.477. The standard InChI is InChI=1S/C18H27NO5/c1-4-24-17-9-12(5-8-15(17)22-2)11-19-18(21)13-6-7-14(20)16(10-13)23-3/h5,8-9,13-14,16,20H,4,6-7,10-11H2,1-3H3,(H,19,21)/t13-,14+,16-/m1/s1. The highest BCUT2D eigenvalue weighted by Gasteiger charge is 2.32. The molecule has 24 heavy (non-hydrogen) atoms. The van der Waals surface area contributed by atoms with Gasteiger partial charge in [0.25, 0.3) is 0 Å². The normalized spacial score (nSPS) is 23.6. The first-order chi connectivity index (χ1) is 11.6. The monoisotopic (exact) mass is 337 g/mol. The number of hydrogen-bond donors (Lipinski definition) is 2. The summed E-state index contributed by atoms with van der Waals surface area (Å²) in [6.45, 7) is 2.90. The van der Waals surface area contributed by atoms with Crippen molar-refractivity contribution in [2.24, 2.45) is 5.92 Å². The summed E-state index contributed by atoms with van der Waals surface area (Å²) in [5, 5.41) is 12.8. The van der Waals surface area contributed by atoms with Gasteiger partial charge in [-0.05, 0) is 43.9 Å². The summed E-state index contributed by atoms with van der Waals surface area (Å²) in [6.07, 6.45) is 1.08. The van der Waals surface area contributed by atoms with E-state index in [-0.39, 0.29) is 17.9 Å². The van der Waals surface area contributed by atoms with E-state index in [1.165, 1.54) is 0 Å². The highest BCUT2D eigenvalue weighted by molar-refractivity contribution is 5.78. The number of amides is 1. The van der Waals surface area contributed by atoms with E-state index in [2.05, 4.69) is 5.32 Å². The summed E-state index contributed by atoms with van der Waals surface area (Å²) in [4.78, 5) is 12.4. The number of aliphatic hydroxyl groups excluding tert-OH is 1. The highest BCUT2D eigenvalue weighted by Crippen LogP contribution is 2.29. The Morgan fingerprint density at radius 2 is 2.08 bits per heavy atom. The fourth-order valence-electron chi connectivity index (χ4n) is 3.04. The molecule has 0 aliphatic heterocycles. The van der Waals surface area contributed by atoms with Crippen molar-refractivity contribution in [1.29, 1.82) is 0 Å². The number of benzene rings is 1. The lowest BCUT2D eigenvalue weighted by atomic mass is 9.84. The molecule has 134 valence electrons. The number of nitrogens with one attached hydrogen (secondary N) is 1. The van der Waals surface area contributed by atoms with Crippen molar-refractivity contribution in [2.75, 3.05) is 20.8 Å². The smallest absolute Gasteiger partial charge is 0.223 e. The van der Waals surface area contributed by atoms with Crippen molar-refractivity contribution < 1.29 is 24.1 Å². The summed E-state index contributed by atoms with van der Waals surface area (Å²) in [7, 11) is 3.17. The first-order valence-corrected chi connectivity index (χ1v) is 8.37. The van der Waals surface area contributed by atoms with E-state index in [4.69, 9.17) is 14.2 Å². The van der Waals surface area contributed by atoms with Gasteiger partial charge in [0.15, 0.2) is 11.5 Å². The molecule has 0 unspecified atom stereocenters. The molecule has 1 fully saturated rings. The zero-order valence-electron chi connectivity index (χ0n) is 14.6. The van der Waals surface area contributed by atoms with Gasteiger partial charge in [0.1, 0.15) is 0 Å². The van der Waals surface area contributed by atoms with E-state index in [1.54, 1.807) is 14.2 Å². The van der Waals surface area contributed by atoms with Crippen LogP contribution in [0.25, 0.3) is 0 Å². The lowest BCUT2D eigenvalue weighted by Gasteiger charge is -2.31. The van der Waals surface area contributed by atoms with Crippen LogP contribution in [0.3, 0.4) is 0 Å². The SMILES string of the molecule is CCOc1cc(CNC(=O)[C@@H]2CC[C@H](O)[C@H](OC)C2)ccc1OC. The molecule has 3 atom stereocenters. The first kappa shape index (κ1) is 18.5. The quantitative estimate of drug-likeness (QED) is 0.794. The second-order valence-corrected chi connectivity index (χ2v) is 5.99. The van der Waals surface area contributed by atoms with Crippen molar-refractivity contribution in [3.8, 4) is 11.5 Å². The van der Waals surface area contributed by atoms with Crippen LogP contribution in [0.5, 0.6) is 11.5 Å². The summed E-state index contributed by atoms with van der Waals surface area (Å²) in [6, 6.07) is 5.62. The maximum atomic E-state index is 12.4. The average Bonchev–Trinajstić information content (AvgIpc) is 2.60. The fourth-order valence-corrected chi connectivity index (χ4v) is 3.04. The molecule has 0 bridgehead atoms. The largest absolute Gasteiger partial charge is 0.493 e. The molecular formula is C18H27NO5. The van der Waals surface area contributed by atoms with Crippen molar-refractivity contribution in [3.63, 3.8) is 0 Å². The molecule has 0 heterocycles. The predicted molar refractivity (Wildman–Crippen MR) is 90.2 cm³/mol. The van der Waals surface area contributed by atoms with Gasteiger partial charge in [-0.25, -0.2) is 0 Å². The Kier molecular flexibility index (Phi) is 6.87. The molecule has 0 spiro atoms. The van der Waals surface area contributed by atoms with Gasteiger partial charge in [-0.15, -0.1) is 0 Å². The van der Waals surface area contributed by atoms with Crippen molar-refractivity contribution in [2.45, 2.75) is 44.9 Å². The van der Waals surface area contributed by atoms with Crippen LogP contribution < -0.4 is 14.8 Å². The Balaban J connectivity index is 1.93. The van der Waals surface area contributed by atoms with Gasteiger partial charge in [-0.2, -0.15) is 0 Å². The Bertz CT molecular complexity index is 548. The molecular weight excluding hydrogens is 310 g/mol. The minimum absolute atomic E-state index is 0.00210. The van der Waals surface area contributed by atoms with E-state index >= 15 is 0 Å². The number of ether oxygens (including phenoxy) is 3. The number of hydrogen-bond acceptors (Lipinski definition) is 5. The summed E-state index contributed by atoms with van der Waals surface area (Å²) in [5.41, 5.74) is 0.951. The molecule has 0 saturated heterocycles. The summed E-state index contributed by atoms with van der Waals surface area (Å²) < 4.78 is 16.1. The van der Waals surface area contributed by atoms with Crippen LogP contribution in [0.15, 0.2) is 18.2 Å². The zero-order chi connectivity index (χ0) is 17.5. The highest BCUT2D eigenvalue weighted by atomic mass is 16.5. The third-order valence-corrected chi connectivity index (χ3v) is 4.43. The number of carbonyl (C=O) groups excluding carboxylic acids is 1. The third kappa shape index (κ3) is 4.61. The van der Waals surface area contributed by atoms with Gasteiger partial charge in [0, 0.05) is 19.6 Å². The van der Waals surface area contributed by atoms with Crippen LogP contribution in [-0.4, -0.2) is 44.0 Å². The van der Waals surface area contributed by atoms with Crippen LogP contribution in [-0.2, 0) is 16.1 Å². The molecule has 0 radical (unpaired) electrons. The van der Waals surface area contributed by atoms with Gasteiger partial charge in [-0.1, -0.05) is 6.07 Å². The number of methoxy groups -OCH3 is 2. The fraction of sp³-hybridized carbons (Fsp3) is 0.611.